The third-order valence-electron chi connectivity index (χ3n) is 2.15. The maximum Gasteiger partial charge on any atom is 0.377 e. The number of aliphatic carboxylic acids is 2. The number of ether oxygens (including phenoxy) is 1. The van der Waals surface area contributed by atoms with Gasteiger partial charge in [0.1, 0.15) is 6.10 Å². The van der Waals surface area contributed by atoms with Gasteiger partial charge in [0.25, 0.3) is 0 Å². The molecule has 1 aliphatic heterocycles. The predicted molar refractivity (Wildman–Crippen MR) is 64.3 cm³/mol. The molecule has 0 saturated carbocycles. The predicted octanol–water partition coefficient (Wildman–Crippen LogP) is -1.31. The molecule has 1 heterocycles. The summed E-state index contributed by atoms with van der Waals surface area (Å²) in [5, 5.41) is 51.1. The van der Waals surface area contributed by atoms with Crippen molar-refractivity contribution in [3.63, 3.8) is 0 Å². The van der Waals surface area contributed by atoms with Crippen molar-refractivity contribution in [2.75, 3.05) is 6.61 Å². The van der Waals surface area contributed by atoms with Gasteiger partial charge in [-0.25, -0.2) is 14.4 Å². The van der Waals surface area contributed by atoms with Crippen LogP contribution >= 0.6 is 0 Å². The number of cyclic esters (lactones) is 1. The van der Waals surface area contributed by atoms with E-state index in [1.807, 2.05) is 0 Å². The molecule has 0 fully saturated rings. The van der Waals surface area contributed by atoms with E-state index >= 15 is 0 Å². The fraction of sp³-hybridized carbons (Fsp3) is 0.364. The minimum atomic E-state index is -1.42. The van der Waals surface area contributed by atoms with Gasteiger partial charge in [-0.3, -0.25) is 0 Å². The summed E-state index contributed by atoms with van der Waals surface area (Å²) < 4.78 is 4.32. The van der Waals surface area contributed by atoms with Crippen LogP contribution < -0.4 is 0 Å². The molecule has 0 radical (unpaired) electrons. The van der Waals surface area contributed by atoms with Crippen LogP contribution in [0.15, 0.2) is 23.2 Å². The maximum absolute atomic E-state index is 10.5. The van der Waals surface area contributed by atoms with Crippen LogP contribution in [0, 0.1) is 0 Å². The van der Waals surface area contributed by atoms with Gasteiger partial charge in [-0.15, -0.1) is 0 Å². The van der Waals surface area contributed by atoms with E-state index in [1.54, 1.807) is 0 Å². The average molecular weight is 306 g/mol. The minimum Gasteiger partial charge on any atom is -0.505 e. The lowest BCUT2D eigenvalue weighted by Crippen LogP contribution is -2.31. The van der Waals surface area contributed by atoms with Crippen LogP contribution in [0.25, 0.3) is 0 Å². The molecule has 0 saturated heterocycles. The monoisotopic (exact) mass is 306 g/mol. The topological polar surface area (TPSA) is 182 Å². The number of carbonyl (C=O) groups is 3. The molecule has 0 aromatic heterocycles. The summed E-state index contributed by atoms with van der Waals surface area (Å²) in [5.41, 5.74) is -0.178. The summed E-state index contributed by atoms with van der Waals surface area (Å²) >= 11 is 0. The summed E-state index contributed by atoms with van der Waals surface area (Å²) in [6.07, 6.45) is -2.14. The number of hydrogen-bond acceptors (Lipinski definition) is 8. The van der Waals surface area contributed by atoms with Crippen LogP contribution in [-0.4, -0.2) is 67.4 Å². The molecule has 10 heteroatoms. The molecule has 1 aliphatic rings. The van der Waals surface area contributed by atoms with E-state index in [0.717, 1.165) is 0 Å². The third-order valence-corrected chi connectivity index (χ3v) is 2.15. The maximum atomic E-state index is 10.5. The largest absolute Gasteiger partial charge is 0.505 e. The molecule has 0 aromatic carbocycles. The summed E-state index contributed by atoms with van der Waals surface area (Å²) in [4.78, 5) is 30.2. The van der Waals surface area contributed by atoms with Crippen molar-refractivity contribution in [1.29, 1.82) is 0 Å². The highest BCUT2D eigenvalue weighted by molar-refractivity contribution is 5.94. The number of aliphatic hydroxyl groups excluding tert-OH is 4. The van der Waals surface area contributed by atoms with Gasteiger partial charge in [-0.1, -0.05) is 0 Å². The molecular weight excluding hydrogens is 292 g/mol. The SMILES string of the molecule is C/C(=C/C(=O)O)C(=O)O.O=C1O[C@H]([C@@H](O)CO)C(O)=C1O. The minimum absolute atomic E-state index is 0.178. The Balaban J connectivity index is 0.000000400. The number of hydrogen-bond donors (Lipinski definition) is 6. The lowest BCUT2D eigenvalue weighted by Gasteiger charge is -2.13. The first kappa shape index (κ1) is 18.4. The molecule has 21 heavy (non-hydrogen) atoms. The number of aliphatic hydroxyl groups is 4. The van der Waals surface area contributed by atoms with Crippen LogP contribution in [0.2, 0.25) is 0 Å². The first-order chi connectivity index (χ1) is 9.61. The second-order valence-electron chi connectivity index (χ2n) is 3.78. The molecule has 0 aromatic rings. The zero-order chi connectivity index (χ0) is 16.7. The number of rotatable bonds is 4. The van der Waals surface area contributed by atoms with Gasteiger partial charge in [0, 0.05) is 11.6 Å². The molecule has 0 amide bonds. The molecular formula is C11H14O10. The van der Waals surface area contributed by atoms with Gasteiger partial charge in [-0.2, -0.15) is 0 Å². The molecule has 0 bridgehead atoms. The Morgan fingerprint density at radius 2 is 1.86 bits per heavy atom. The van der Waals surface area contributed by atoms with Gasteiger partial charge >= 0.3 is 17.9 Å². The van der Waals surface area contributed by atoms with E-state index < -0.39 is 48.2 Å². The Morgan fingerprint density at radius 1 is 1.33 bits per heavy atom. The van der Waals surface area contributed by atoms with Crippen molar-refractivity contribution in [3.05, 3.63) is 23.2 Å². The lowest BCUT2D eigenvalue weighted by molar-refractivity contribution is -0.147. The lowest BCUT2D eigenvalue weighted by atomic mass is 10.2. The van der Waals surface area contributed by atoms with Crippen LogP contribution in [0.3, 0.4) is 0 Å². The normalized spacial score (nSPS) is 19.5. The van der Waals surface area contributed by atoms with Gasteiger partial charge in [-0.05, 0) is 6.92 Å². The molecule has 2 atom stereocenters. The van der Waals surface area contributed by atoms with Crippen molar-refractivity contribution in [3.8, 4) is 0 Å². The Hall–Kier alpha value is -2.59. The van der Waals surface area contributed by atoms with Gasteiger partial charge < -0.3 is 35.4 Å². The average Bonchev–Trinajstić information content (AvgIpc) is 2.65. The summed E-state index contributed by atoms with van der Waals surface area (Å²) in [6, 6.07) is 0. The molecule has 0 aliphatic carbocycles. The first-order valence-corrected chi connectivity index (χ1v) is 5.38. The van der Waals surface area contributed by atoms with Crippen LogP contribution in [0.5, 0.6) is 0 Å². The quantitative estimate of drug-likeness (QED) is 0.269. The Kier molecular flexibility index (Phi) is 6.90. The summed E-state index contributed by atoms with van der Waals surface area (Å²) in [6.45, 7) is 0.547. The number of carboxylic acids is 2. The summed E-state index contributed by atoms with van der Waals surface area (Å²) in [5.74, 6) is -5.23. The van der Waals surface area contributed by atoms with E-state index in [2.05, 4.69) is 4.74 Å². The smallest absolute Gasteiger partial charge is 0.377 e. The molecule has 0 unspecified atom stereocenters. The Morgan fingerprint density at radius 3 is 2.10 bits per heavy atom. The third kappa shape index (κ3) is 5.50. The Bertz CT molecular complexity index is 489. The van der Waals surface area contributed by atoms with Gasteiger partial charge in [0.15, 0.2) is 11.9 Å². The zero-order valence-electron chi connectivity index (χ0n) is 10.8. The molecule has 0 spiro atoms. The van der Waals surface area contributed by atoms with E-state index in [-0.39, 0.29) is 5.57 Å². The van der Waals surface area contributed by atoms with E-state index in [4.69, 9.17) is 30.6 Å². The molecule has 1 rings (SSSR count). The van der Waals surface area contributed by atoms with Crippen molar-refractivity contribution < 1.29 is 49.8 Å². The van der Waals surface area contributed by atoms with Crippen LogP contribution in [0.1, 0.15) is 6.92 Å². The van der Waals surface area contributed by atoms with E-state index in [9.17, 15) is 14.4 Å². The Labute approximate surface area is 117 Å². The van der Waals surface area contributed by atoms with Crippen molar-refractivity contribution in [1.82, 2.24) is 0 Å². The van der Waals surface area contributed by atoms with Gasteiger partial charge in [0.2, 0.25) is 5.76 Å². The highest BCUT2D eigenvalue weighted by atomic mass is 16.6. The van der Waals surface area contributed by atoms with Crippen molar-refractivity contribution >= 4 is 17.9 Å². The molecule has 10 nitrogen and oxygen atoms in total. The highest BCUT2D eigenvalue weighted by Crippen LogP contribution is 2.20. The van der Waals surface area contributed by atoms with Crippen LogP contribution in [-0.2, 0) is 19.1 Å². The standard InChI is InChI=1S/C6H8O6.C5H6O4/c7-1-2(8)5-3(9)4(10)6(11)12-5;1-3(5(8)9)2-4(6)7/h2,5,7-10H,1H2;2H,1H3,(H,6,7)(H,8,9)/b;3-2-/t2-,5+;/m0./s1. The fourth-order valence-corrected chi connectivity index (χ4v) is 1.07. The molecule has 6 N–H and O–H groups in total. The van der Waals surface area contributed by atoms with Crippen molar-refractivity contribution in [2.24, 2.45) is 0 Å². The van der Waals surface area contributed by atoms with E-state index in [0.29, 0.717) is 6.08 Å². The van der Waals surface area contributed by atoms with Crippen LogP contribution in [0.4, 0.5) is 0 Å². The second kappa shape index (κ2) is 7.87. The van der Waals surface area contributed by atoms with Crippen molar-refractivity contribution in [2.45, 2.75) is 19.1 Å². The van der Waals surface area contributed by atoms with E-state index in [1.165, 1.54) is 6.92 Å². The first-order valence-electron chi connectivity index (χ1n) is 5.38. The molecule has 118 valence electrons. The second-order valence-corrected chi connectivity index (χ2v) is 3.78. The summed E-state index contributed by atoms with van der Waals surface area (Å²) in [7, 11) is 0. The van der Waals surface area contributed by atoms with Gasteiger partial charge in [0.05, 0.1) is 6.61 Å². The number of carbonyl (C=O) groups excluding carboxylic acids is 1. The number of carboxylic acid groups (broad SMARTS) is 2. The number of esters is 1. The zero-order valence-corrected chi connectivity index (χ0v) is 10.8. The fourth-order valence-electron chi connectivity index (χ4n) is 1.07. The highest BCUT2D eigenvalue weighted by Gasteiger charge is 2.38.